The van der Waals surface area contributed by atoms with E-state index >= 15 is 0 Å². The van der Waals surface area contributed by atoms with Gasteiger partial charge in [-0.2, -0.15) is 0 Å². The summed E-state index contributed by atoms with van der Waals surface area (Å²) < 4.78 is 2.20. The highest BCUT2D eigenvalue weighted by Crippen LogP contribution is 2.35. The quantitative estimate of drug-likeness (QED) is 0.939. The number of ketones is 1. The van der Waals surface area contributed by atoms with Crippen molar-refractivity contribution < 1.29 is 4.79 Å². The van der Waals surface area contributed by atoms with Gasteiger partial charge in [-0.3, -0.25) is 9.38 Å². The maximum Gasteiger partial charge on any atom is 0.156 e. The molecule has 1 atom stereocenters. The van der Waals surface area contributed by atoms with Gasteiger partial charge in [0.2, 0.25) is 0 Å². The first-order chi connectivity index (χ1) is 11.6. The number of nitrogens with zero attached hydrogens (tertiary/aromatic N) is 3. The number of aromatic nitrogens is 3. The molecule has 2 aliphatic rings. The summed E-state index contributed by atoms with van der Waals surface area (Å²) >= 11 is 0. The van der Waals surface area contributed by atoms with Crippen LogP contribution in [0.3, 0.4) is 0 Å². The van der Waals surface area contributed by atoms with Crippen molar-refractivity contribution in [2.45, 2.75) is 45.4 Å². The summed E-state index contributed by atoms with van der Waals surface area (Å²) in [5.74, 6) is 0.990. The number of hydrogen-bond donors (Lipinski definition) is 1. The van der Waals surface area contributed by atoms with Crippen molar-refractivity contribution in [3.8, 4) is 0 Å². The second-order valence-corrected chi connectivity index (χ2v) is 7.14. The van der Waals surface area contributed by atoms with Gasteiger partial charge in [-0.1, -0.05) is 13.0 Å². The van der Waals surface area contributed by atoms with E-state index in [2.05, 4.69) is 33.9 Å². The van der Waals surface area contributed by atoms with Gasteiger partial charge < -0.3 is 10.1 Å². The van der Waals surface area contributed by atoms with Crippen LogP contribution in [0.5, 0.6) is 0 Å². The van der Waals surface area contributed by atoms with Crippen molar-refractivity contribution in [1.29, 1.82) is 0 Å². The highest BCUT2D eigenvalue weighted by atomic mass is 16.1. The molecule has 24 heavy (non-hydrogen) atoms. The molecule has 126 valence electrons. The molecule has 5 nitrogen and oxygen atoms in total. The number of nitrogens with one attached hydrogen (secondary N) is 1. The number of fused-ring (bicyclic) bond motifs is 3. The Hall–Kier alpha value is -2.01. The fourth-order valence-electron chi connectivity index (χ4n) is 4.07. The van der Waals surface area contributed by atoms with E-state index in [1.807, 2.05) is 6.20 Å². The van der Waals surface area contributed by atoms with Gasteiger partial charge >= 0.3 is 0 Å². The van der Waals surface area contributed by atoms with Gasteiger partial charge in [0.25, 0.3) is 0 Å². The monoisotopic (exact) mass is 324 g/mol. The van der Waals surface area contributed by atoms with Gasteiger partial charge in [-0.15, -0.1) is 0 Å². The van der Waals surface area contributed by atoms with Gasteiger partial charge in [0, 0.05) is 25.0 Å². The van der Waals surface area contributed by atoms with Crippen LogP contribution < -0.4 is 5.32 Å². The lowest BCUT2D eigenvalue weighted by Gasteiger charge is -2.20. The molecular weight excluding hydrogens is 300 g/mol. The van der Waals surface area contributed by atoms with Crippen LogP contribution in [0.25, 0.3) is 11.2 Å². The molecule has 0 saturated carbocycles. The maximum absolute atomic E-state index is 11.5. The average Bonchev–Trinajstić information content (AvgIpc) is 3.18. The van der Waals surface area contributed by atoms with E-state index in [1.54, 1.807) is 6.92 Å². The van der Waals surface area contributed by atoms with Gasteiger partial charge in [-0.05, 0) is 44.3 Å². The Morgan fingerprint density at radius 3 is 2.96 bits per heavy atom. The van der Waals surface area contributed by atoms with Crippen molar-refractivity contribution in [1.82, 2.24) is 19.7 Å². The third kappa shape index (κ3) is 2.67. The molecule has 0 aromatic carbocycles. The molecule has 3 heterocycles. The molecule has 1 N–H and O–H groups in total. The van der Waals surface area contributed by atoms with E-state index in [-0.39, 0.29) is 11.7 Å². The Labute approximate surface area is 142 Å². The van der Waals surface area contributed by atoms with Crippen LogP contribution in [0.2, 0.25) is 0 Å². The molecular formula is C19H24N4O. The van der Waals surface area contributed by atoms with E-state index in [4.69, 9.17) is 4.98 Å². The lowest BCUT2D eigenvalue weighted by molar-refractivity contribution is -0.117. The predicted molar refractivity (Wildman–Crippen MR) is 94.0 cm³/mol. The first kappa shape index (κ1) is 15.5. The Bertz CT molecular complexity index is 814. The zero-order chi connectivity index (χ0) is 16.7. The van der Waals surface area contributed by atoms with Crippen LogP contribution in [-0.4, -0.2) is 33.2 Å². The van der Waals surface area contributed by atoms with Crippen molar-refractivity contribution in [3.05, 3.63) is 35.6 Å². The van der Waals surface area contributed by atoms with Gasteiger partial charge in [0.15, 0.2) is 5.65 Å². The van der Waals surface area contributed by atoms with E-state index < -0.39 is 0 Å². The smallest absolute Gasteiger partial charge is 0.156 e. The molecule has 0 spiro atoms. The summed E-state index contributed by atoms with van der Waals surface area (Å²) in [6.45, 7) is 5.93. The first-order valence-corrected chi connectivity index (χ1v) is 8.91. The SMILES string of the molecule is CC(=O)CC(C)C1=CCc2ncc3nc(C4CCNCC4)cn3c21. The van der Waals surface area contributed by atoms with E-state index in [0.717, 1.165) is 49.4 Å². The van der Waals surface area contributed by atoms with Gasteiger partial charge in [0.1, 0.15) is 5.78 Å². The van der Waals surface area contributed by atoms with Crippen molar-refractivity contribution in [3.63, 3.8) is 0 Å². The highest BCUT2D eigenvalue weighted by Gasteiger charge is 2.26. The summed E-state index contributed by atoms with van der Waals surface area (Å²) in [6.07, 6.45) is 10.0. The van der Waals surface area contributed by atoms with E-state index in [1.165, 1.54) is 11.3 Å². The minimum atomic E-state index is 0.223. The Morgan fingerprint density at radius 2 is 2.21 bits per heavy atom. The van der Waals surface area contributed by atoms with Crippen LogP contribution in [0.4, 0.5) is 0 Å². The van der Waals surface area contributed by atoms with Crippen LogP contribution in [-0.2, 0) is 11.2 Å². The summed E-state index contributed by atoms with van der Waals surface area (Å²) in [6, 6.07) is 0. The minimum absolute atomic E-state index is 0.223. The molecule has 1 saturated heterocycles. The Morgan fingerprint density at radius 1 is 1.42 bits per heavy atom. The van der Waals surface area contributed by atoms with Crippen LogP contribution in [0.15, 0.2) is 18.5 Å². The summed E-state index contributed by atoms with van der Waals surface area (Å²) in [4.78, 5) is 21.0. The first-order valence-electron chi connectivity index (χ1n) is 8.91. The molecule has 4 rings (SSSR count). The summed E-state index contributed by atoms with van der Waals surface area (Å²) in [5, 5.41) is 3.41. The molecule has 5 heteroatoms. The molecule has 1 aliphatic heterocycles. The van der Waals surface area contributed by atoms with Crippen LogP contribution in [0, 0.1) is 5.92 Å². The van der Waals surface area contributed by atoms with Gasteiger partial charge in [-0.25, -0.2) is 4.98 Å². The number of piperidine rings is 1. The number of hydrogen-bond acceptors (Lipinski definition) is 4. The minimum Gasteiger partial charge on any atom is -0.317 e. The number of carbonyl (C=O) groups excluding carboxylic acids is 1. The van der Waals surface area contributed by atoms with E-state index in [0.29, 0.717) is 12.3 Å². The van der Waals surface area contributed by atoms with E-state index in [9.17, 15) is 4.79 Å². The molecule has 0 amide bonds. The third-order valence-corrected chi connectivity index (χ3v) is 5.27. The second kappa shape index (κ2) is 6.13. The number of allylic oxidation sites excluding steroid dienone is 2. The third-order valence-electron chi connectivity index (χ3n) is 5.27. The number of Topliss-reactive ketones (excluding diaryl/α,β-unsaturated/α-hetero) is 1. The average molecular weight is 324 g/mol. The molecule has 0 radical (unpaired) electrons. The lowest BCUT2D eigenvalue weighted by Crippen LogP contribution is -2.26. The molecule has 1 aliphatic carbocycles. The zero-order valence-corrected chi connectivity index (χ0v) is 14.4. The number of carbonyl (C=O) groups is 1. The van der Waals surface area contributed by atoms with Gasteiger partial charge in [0.05, 0.1) is 23.3 Å². The predicted octanol–water partition coefficient (Wildman–Crippen LogP) is 2.75. The zero-order valence-electron chi connectivity index (χ0n) is 14.4. The maximum atomic E-state index is 11.5. The molecule has 2 aromatic heterocycles. The second-order valence-electron chi connectivity index (χ2n) is 7.14. The topological polar surface area (TPSA) is 59.3 Å². The Kier molecular flexibility index (Phi) is 3.96. The highest BCUT2D eigenvalue weighted by molar-refractivity contribution is 5.80. The van der Waals surface area contributed by atoms with Crippen LogP contribution >= 0.6 is 0 Å². The number of rotatable bonds is 4. The fourth-order valence-corrected chi connectivity index (χ4v) is 4.07. The molecule has 1 fully saturated rings. The summed E-state index contributed by atoms with van der Waals surface area (Å²) in [7, 11) is 0. The van der Waals surface area contributed by atoms with Crippen LogP contribution in [0.1, 0.15) is 56.1 Å². The van der Waals surface area contributed by atoms with Crippen molar-refractivity contribution >= 4 is 17.0 Å². The molecule has 2 aromatic rings. The molecule has 0 bridgehead atoms. The standard InChI is InChI=1S/C19H24N4O/c1-12(9-13(2)24)15-3-4-16-19(15)23-11-17(22-18(23)10-21-16)14-5-7-20-8-6-14/h3,10-12,14,20H,4-9H2,1-2H3. The normalized spacial score (nSPS) is 19.3. The summed E-state index contributed by atoms with van der Waals surface area (Å²) in [5.41, 5.74) is 5.60. The number of imidazole rings is 1. The fraction of sp³-hybridized carbons (Fsp3) is 0.526. The lowest BCUT2D eigenvalue weighted by atomic mass is 9.94. The molecule has 1 unspecified atom stereocenters. The Balaban J connectivity index is 1.74. The van der Waals surface area contributed by atoms with Crippen molar-refractivity contribution in [2.75, 3.05) is 13.1 Å². The largest absolute Gasteiger partial charge is 0.317 e. The van der Waals surface area contributed by atoms with Crippen molar-refractivity contribution in [2.24, 2.45) is 5.92 Å².